The van der Waals surface area contributed by atoms with Crippen LogP contribution in [0.15, 0.2) is 29.4 Å². The Balaban J connectivity index is 2.38. The maximum atomic E-state index is 13.6. The van der Waals surface area contributed by atoms with Gasteiger partial charge in [0.15, 0.2) is 0 Å². The van der Waals surface area contributed by atoms with Gasteiger partial charge in [0.25, 0.3) is 5.91 Å². The molecule has 1 aliphatic heterocycles. The molecule has 0 spiro atoms. The van der Waals surface area contributed by atoms with Crippen molar-refractivity contribution < 1.29 is 9.18 Å². The van der Waals surface area contributed by atoms with Gasteiger partial charge >= 0.3 is 0 Å². The number of amides is 1. The molecule has 1 aliphatic rings. The van der Waals surface area contributed by atoms with Crippen molar-refractivity contribution in [1.82, 2.24) is 0 Å². The summed E-state index contributed by atoms with van der Waals surface area (Å²) in [6.07, 6.45) is 0. The summed E-state index contributed by atoms with van der Waals surface area (Å²) in [6, 6.07) is 6.18. The van der Waals surface area contributed by atoms with Crippen molar-refractivity contribution in [2.24, 2.45) is 16.9 Å². The van der Waals surface area contributed by atoms with Crippen LogP contribution in [0.1, 0.15) is 20.8 Å². The van der Waals surface area contributed by atoms with E-state index in [1.807, 2.05) is 20.8 Å². The van der Waals surface area contributed by atoms with Crippen molar-refractivity contribution in [3.05, 3.63) is 30.1 Å². The predicted molar refractivity (Wildman–Crippen MR) is 65.3 cm³/mol. The number of hydrazone groups is 1. The van der Waals surface area contributed by atoms with Gasteiger partial charge in [0, 0.05) is 5.71 Å². The molecule has 4 heteroatoms. The van der Waals surface area contributed by atoms with E-state index >= 15 is 0 Å². The molecule has 0 aromatic heterocycles. The minimum atomic E-state index is -0.429. The summed E-state index contributed by atoms with van der Waals surface area (Å²) < 4.78 is 13.6. The Hall–Kier alpha value is -1.71. The van der Waals surface area contributed by atoms with Crippen molar-refractivity contribution in [2.75, 3.05) is 5.01 Å². The highest BCUT2D eigenvalue weighted by atomic mass is 19.1. The lowest BCUT2D eigenvalue weighted by atomic mass is 9.92. The molecule has 0 bridgehead atoms. The zero-order valence-electron chi connectivity index (χ0n) is 10.1. The number of benzene rings is 1. The van der Waals surface area contributed by atoms with Crippen molar-refractivity contribution in [2.45, 2.75) is 20.8 Å². The van der Waals surface area contributed by atoms with E-state index in [0.29, 0.717) is 0 Å². The van der Waals surface area contributed by atoms with Crippen LogP contribution in [0.5, 0.6) is 0 Å². The van der Waals surface area contributed by atoms with Crippen LogP contribution in [-0.4, -0.2) is 11.6 Å². The lowest BCUT2D eigenvalue weighted by Crippen LogP contribution is -2.30. The lowest BCUT2D eigenvalue weighted by molar-refractivity contribution is -0.120. The Kier molecular flexibility index (Phi) is 2.96. The molecular formula is C13H15FN2O. The molecule has 1 aromatic rings. The minimum Gasteiger partial charge on any atom is -0.272 e. The predicted octanol–water partition coefficient (Wildman–Crippen LogP) is 2.82. The summed E-state index contributed by atoms with van der Waals surface area (Å²) in [7, 11) is 0. The number of carbonyl (C=O) groups is 1. The Bertz CT molecular complexity index is 482. The van der Waals surface area contributed by atoms with E-state index in [2.05, 4.69) is 5.10 Å². The summed E-state index contributed by atoms with van der Waals surface area (Å²) in [5.74, 6) is -0.651. The quantitative estimate of drug-likeness (QED) is 0.774. The fourth-order valence-corrected chi connectivity index (χ4v) is 2.14. The Labute approximate surface area is 99.9 Å². The summed E-state index contributed by atoms with van der Waals surface area (Å²) in [5.41, 5.74) is 0.966. The molecule has 0 saturated heterocycles. The fraction of sp³-hybridized carbons (Fsp3) is 0.385. The number of hydrogen-bond acceptors (Lipinski definition) is 2. The molecule has 2 rings (SSSR count). The van der Waals surface area contributed by atoms with Gasteiger partial charge in [-0.3, -0.25) is 4.79 Å². The number of anilines is 1. The number of para-hydroxylation sites is 1. The van der Waals surface area contributed by atoms with Crippen LogP contribution in [0.25, 0.3) is 0 Å². The van der Waals surface area contributed by atoms with E-state index in [0.717, 1.165) is 5.71 Å². The molecule has 17 heavy (non-hydrogen) atoms. The SMILES string of the molecule is CC1=NN(c2ccccc2F)C(=O)C1C(C)C. The first-order valence-electron chi connectivity index (χ1n) is 5.66. The van der Waals surface area contributed by atoms with Crippen LogP contribution in [0.3, 0.4) is 0 Å². The monoisotopic (exact) mass is 234 g/mol. The van der Waals surface area contributed by atoms with E-state index in [-0.39, 0.29) is 23.4 Å². The zero-order chi connectivity index (χ0) is 12.6. The van der Waals surface area contributed by atoms with Gasteiger partial charge < -0.3 is 0 Å². The number of hydrogen-bond donors (Lipinski definition) is 0. The topological polar surface area (TPSA) is 32.7 Å². The highest BCUT2D eigenvalue weighted by Gasteiger charge is 2.37. The summed E-state index contributed by atoms with van der Waals surface area (Å²) in [6.45, 7) is 5.74. The second-order valence-corrected chi connectivity index (χ2v) is 4.56. The molecule has 90 valence electrons. The smallest absolute Gasteiger partial charge is 0.256 e. The van der Waals surface area contributed by atoms with E-state index < -0.39 is 5.82 Å². The van der Waals surface area contributed by atoms with E-state index in [9.17, 15) is 9.18 Å². The number of halogens is 1. The third-order valence-electron chi connectivity index (χ3n) is 2.93. The van der Waals surface area contributed by atoms with E-state index in [1.165, 1.54) is 11.1 Å². The molecule has 0 saturated carbocycles. The third kappa shape index (κ3) is 1.95. The van der Waals surface area contributed by atoms with Crippen molar-refractivity contribution in [1.29, 1.82) is 0 Å². The van der Waals surface area contributed by atoms with Crippen LogP contribution in [0.4, 0.5) is 10.1 Å². The van der Waals surface area contributed by atoms with E-state index in [1.54, 1.807) is 18.2 Å². The second-order valence-electron chi connectivity index (χ2n) is 4.56. The average molecular weight is 234 g/mol. The molecule has 1 amide bonds. The van der Waals surface area contributed by atoms with Gasteiger partial charge in [0.05, 0.1) is 5.92 Å². The van der Waals surface area contributed by atoms with Gasteiger partial charge in [-0.1, -0.05) is 26.0 Å². The number of carbonyl (C=O) groups excluding carboxylic acids is 1. The third-order valence-corrected chi connectivity index (χ3v) is 2.93. The molecule has 1 aromatic carbocycles. The molecule has 3 nitrogen and oxygen atoms in total. The number of nitrogens with zero attached hydrogens (tertiary/aromatic N) is 2. The van der Waals surface area contributed by atoms with Crippen molar-refractivity contribution in [3.8, 4) is 0 Å². The van der Waals surface area contributed by atoms with E-state index in [4.69, 9.17) is 0 Å². The molecular weight excluding hydrogens is 219 g/mol. The van der Waals surface area contributed by atoms with Gasteiger partial charge in [-0.15, -0.1) is 0 Å². The van der Waals surface area contributed by atoms with Crippen LogP contribution in [0, 0.1) is 17.7 Å². The average Bonchev–Trinajstić information content (AvgIpc) is 2.55. The van der Waals surface area contributed by atoms with Gasteiger partial charge in [0.2, 0.25) is 0 Å². The standard InChI is InChI=1S/C13H15FN2O/c1-8(2)12-9(3)15-16(13(12)17)11-7-5-4-6-10(11)14/h4-8,12H,1-3H3. The minimum absolute atomic E-state index is 0.150. The number of rotatable bonds is 2. The Morgan fingerprint density at radius 3 is 2.53 bits per heavy atom. The van der Waals surface area contributed by atoms with Crippen molar-refractivity contribution >= 4 is 17.3 Å². The molecule has 1 atom stereocenters. The van der Waals surface area contributed by atoms with Gasteiger partial charge in [-0.25, -0.2) is 4.39 Å². The molecule has 0 radical (unpaired) electrons. The first-order valence-corrected chi connectivity index (χ1v) is 5.66. The summed E-state index contributed by atoms with van der Waals surface area (Å²) in [4.78, 5) is 12.2. The second kappa shape index (κ2) is 4.28. The molecule has 0 aliphatic carbocycles. The maximum absolute atomic E-state index is 13.6. The van der Waals surface area contributed by atoms with Gasteiger partial charge in [-0.05, 0) is 25.0 Å². The highest BCUT2D eigenvalue weighted by Crippen LogP contribution is 2.29. The molecule has 1 unspecified atom stereocenters. The Morgan fingerprint density at radius 1 is 1.35 bits per heavy atom. The van der Waals surface area contributed by atoms with Crippen molar-refractivity contribution in [3.63, 3.8) is 0 Å². The molecule has 0 N–H and O–H groups in total. The van der Waals surface area contributed by atoms with Crippen LogP contribution >= 0.6 is 0 Å². The normalized spacial score (nSPS) is 20.1. The first kappa shape index (κ1) is 11.8. The van der Waals surface area contributed by atoms with Crippen LogP contribution in [-0.2, 0) is 4.79 Å². The fourth-order valence-electron chi connectivity index (χ4n) is 2.14. The first-order chi connectivity index (χ1) is 8.02. The zero-order valence-corrected chi connectivity index (χ0v) is 10.1. The Morgan fingerprint density at radius 2 is 2.00 bits per heavy atom. The summed E-state index contributed by atoms with van der Waals surface area (Å²) >= 11 is 0. The van der Waals surface area contributed by atoms with Crippen LogP contribution in [0.2, 0.25) is 0 Å². The largest absolute Gasteiger partial charge is 0.272 e. The molecule has 0 fully saturated rings. The highest BCUT2D eigenvalue weighted by molar-refractivity contribution is 6.14. The molecule has 1 heterocycles. The van der Waals surface area contributed by atoms with Gasteiger partial charge in [-0.2, -0.15) is 10.1 Å². The van der Waals surface area contributed by atoms with Gasteiger partial charge in [0.1, 0.15) is 11.5 Å². The lowest BCUT2D eigenvalue weighted by Gasteiger charge is -2.16. The summed E-state index contributed by atoms with van der Waals surface area (Å²) in [5, 5.41) is 5.34. The van der Waals surface area contributed by atoms with Crippen LogP contribution < -0.4 is 5.01 Å². The maximum Gasteiger partial charge on any atom is 0.256 e.